The van der Waals surface area contributed by atoms with E-state index in [1.54, 1.807) is 0 Å². The Morgan fingerprint density at radius 2 is 1.60 bits per heavy atom. The highest BCUT2D eigenvalue weighted by Crippen LogP contribution is 2.49. The first kappa shape index (κ1) is 5.36. The van der Waals surface area contributed by atoms with Gasteiger partial charge in [0.15, 0.2) is 0 Å². The first-order valence-corrected chi connectivity index (χ1v) is 4.34. The van der Waals surface area contributed by atoms with Gasteiger partial charge >= 0.3 is 0 Å². The van der Waals surface area contributed by atoms with E-state index in [1.165, 1.54) is 19.5 Å². The Kier molecular flexibility index (Phi) is 0.883. The van der Waals surface area contributed by atoms with Crippen molar-refractivity contribution >= 4 is 0 Å². The van der Waals surface area contributed by atoms with Gasteiger partial charge in [-0.2, -0.15) is 0 Å². The lowest BCUT2D eigenvalue weighted by Crippen LogP contribution is -2.16. The summed E-state index contributed by atoms with van der Waals surface area (Å²) in [7, 11) is 0. The monoisotopic (exact) mass is 135 g/mol. The van der Waals surface area contributed by atoms with Crippen LogP contribution in [0.25, 0.3) is 0 Å². The smallest absolute Gasteiger partial charge is 0.00114 e. The molecule has 0 aromatic carbocycles. The molecule has 2 bridgehead atoms. The van der Waals surface area contributed by atoms with Gasteiger partial charge in [-0.15, -0.1) is 0 Å². The largest absolute Gasteiger partial charge is 0.316 e. The molecule has 2 fully saturated rings. The van der Waals surface area contributed by atoms with Crippen molar-refractivity contribution in [2.24, 2.45) is 23.7 Å². The zero-order valence-corrected chi connectivity index (χ0v) is 6.09. The average Bonchev–Trinajstić information content (AvgIpc) is 2.60. The molecule has 0 amide bonds. The molecule has 3 aliphatic rings. The van der Waals surface area contributed by atoms with Crippen molar-refractivity contribution in [3.63, 3.8) is 0 Å². The van der Waals surface area contributed by atoms with Crippen LogP contribution in [0.4, 0.5) is 0 Å². The van der Waals surface area contributed by atoms with Crippen LogP contribution in [0.15, 0.2) is 12.2 Å². The highest BCUT2D eigenvalue weighted by atomic mass is 14.9. The number of allylic oxidation sites excluding steroid dienone is 2. The lowest BCUT2D eigenvalue weighted by molar-refractivity contribution is 0.395. The van der Waals surface area contributed by atoms with E-state index in [0.717, 1.165) is 23.7 Å². The van der Waals surface area contributed by atoms with Crippen molar-refractivity contribution in [2.45, 2.75) is 6.42 Å². The molecule has 0 aromatic heterocycles. The average molecular weight is 135 g/mol. The Hall–Kier alpha value is -0.300. The summed E-state index contributed by atoms with van der Waals surface area (Å²) in [5.74, 6) is 3.92. The van der Waals surface area contributed by atoms with Crippen molar-refractivity contribution < 1.29 is 0 Å². The number of rotatable bonds is 0. The number of hydrogen-bond donors (Lipinski definition) is 1. The van der Waals surface area contributed by atoms with E-state index in [-0.39, 0.29) is 0 Å². The fourth-order valence-electron chi connectivity index (χ4n) is 3.05. The fourth-order valence-corrected chi connectivity index (χ4v) is 3.05. The van der Waals surface area contributed by atoms with E-state index in [1.807, 2.05) is 0 Å². The molecular weight excluding hydrogens is 122 g/mol. The van der Waals surface area contributed by atoms with Gasteiger partial charge in [0.1, 0.15) is 0 Å². The predicted octanol–water partition coefficient (Wildman–Crippen LogP) is 1.03. The summed E-state index contributed by atoms with van der Waals surface area (Å²) in [4.78, 5) is 0. The van der Waals surface area contributed by atoms with Gasteiger partial charge in [-0.1, -0.05) is 12.2 Å². The Balaban J connectivity index is 1.99. The van der Waals surface area contributed by atoms with E-state index in [9.17, 15) is 0 Å². The normalized spacial score (nSPS) is 56.0. The van der Waals surface area contributed by atoms with Crippen molar-refractivity contribution in [3.05, 3.63) is 12.2 Å². The maximum atomic E-state index is 3.49. The van der Waals surface area contributed by atoms with Crippen LogP contribution < -0.4 is 5.32 Å². The highest BCUT2D eigenvalue weighted by molar-refractivity contribution is 5.15. The molecule has 1 aliphatic heterocycles. The minimum Gasteiger partial charge on any atom is -0.316 e. The molecule has 0 radical (unpaired) electrons. The molecule has 1 N–H and O–H groups in total. The minimum atomic E-state index is 0.949. The SMILES string of the molecule is C1=C[C@H]2C[C@H]1[C@@H]1CNC[C@H]12. The van der Waals surface area contributed by atoms with Gasteiger partial charge in [-0.05, 0) is 43.2 Å². The van der Waals surface area contributed by atoms with Gasteiger partial charge in [0, 0.05) is 0 Å². The van der Waals surface area contributed by atoms with Gasteiger partial charge in [-0.3, -0.25) is 0 Å². The van der Waals surface area contributed by atoms with Crippen LogP contribution >= 0.6 is 0 Å². The summed E-state index contributed by atoms with van der Waals surface area (Å²) in [5.41, 5.74) is 0. The summed E-state index contributed by atoms with van der Waals surface area (Å²) in [6.45, 7) is 2.58. The standard InChI is InChI=1S/C9H13N/c1-2-7-3-6(1)8-4-10-5-9(7)8/h1-2,6-10H,3-5H2/t6-,7-,8-,9-/m0/s1. The molecule has 2 aliphatic carbocycles. The van der Waals surface area contributed by atoms with Crippen LogP contribution in [-0.2, 0) is 0 Å². The summed E-state index contributed by atoms with van der Waals surface area (Å²) >= 11 is 0. The maximum Gasteiger partial charge on any atom is -0.00114 e. The number of nitrogens with one attached hydrogen (secondary N) is 1. The van der Waals surface area contributed by atoms with E-state index >= 15 is 0 Å². The van der Waals surface area contributed by atoms with Crippen LogP contribution in [0.3, 0.4) is 0 Å². The molecule has 1 nitrogen and oxygen atoms in total. The van der Waals surface area contributed by atoms with Crippen LogP contribution in [-0.4, -0.2) is 13.1 Å². The molecule has 10 heavy (non-hydrogen) atoms. The zero-order chi connectivity index (χ0) is 6.55. The van der Waals surface area contributed by atoms with E-state index in [0.29, 0.717) is 0 Å². The second-order valence-electron chi connectivity index (χ2n) is 3.93. The van der Waals surface area contributed by atoms with Crippen LogP contribution in [0.5, 0.6) is 0 Å². The molecule has 54 valence electrons. The third kappa shape index (κ3) is 0.485. The van der Waals surface area contributed by atoms with E-state index in [4.69, 9.17) is 0 Å². The topological polar surface area (TPSA) is 12.0 Å². The highest BCUT2D eigenvalue weighted by Gasteiger charge is 2.46. The third-order valence-corrected chi connectivity index (χ3v) is 3.56. The van der Waals surface area contributed by atoms with E-state index < -0.39 is 0 Å². The summed E-state index contributed by atoms with van der Waals surface area (Å²) in [6, 6.07) is 0. The maximum absolute atomic E-state index is 3.49. The van der Waals surface area contributed by atoms with Gasteiger partial charge in [0.25, 0.3) is 0 Å². The molecule has 1 saturated heterocycles. The molecular formula is C9H13N. The van der Waals surface area contributed by atoms with Crippen LogP contribution in [0.1, 0.15) is 6.42 Å². The second kappa shape index (κ2) is 1.65. The number of hydrogen-bond acceptors (Lipinski definition) is 1. The second-order valence-corrected chi connectivity index (χ2v) is 3.93. The first-order valence-electron chi connectivity index (χ1n) is 4.34. The predicted molar refractivity (Wildman–Crippen MR) is 40.6 cm³/mol. The molecule has 1 saturated carbocycles. The fraction of sp³-hybridized carbons (Fsp3) is 0.778. The Labute approximate surface area is 61.5 Å². The molecule has 1 heterocycles. The van der Waals surface area contributed by atoms with Crippen molar-refractivity contribution in [1.29, 1.82) is 0 Å². The van der Waals surface area contributed by atoms with Crippen LogP contribution in [0.2, 0.25) is 0 Å². The molecule has 3 rings (SSSR count). The van der Waals surface area contributed by atoms with E-state index in [2.05, 4.69) is 17.5 Å². The first-order chi connectivity index (χ1) is 4.95. The van der Waals surface area contributed by atoms with Gasteiger partial charge in [-0.25, -0.2) is 0 Å². The Bertz CT molecular complexity index is 167. The molecule has 4 atom stereocenters. The summed E-state index contributed by atoms with van der Waals surface area (Å²) in [6.07, 6.45) is 6.36. The number of fused-ring (bicyclic) bond motifs is 5. The quantitative estimate of drug-likeness (QED) is 0.489. The van der Waals surface area contributed by atoms with Crippen molar-refractivity contribution in [1.82, 2.24) is 5.32 Å². The molecule has 0 aromatic rings. The van der Waals surface area contributed by atoms with Crippen LogP contribution in [0, 0.1) is 23.7 Å². The summed E-state index contributed by atoms with van der Waals surface area (Å²) < 4.78 is 0. The summed E-state index contributed by atoms with van der Waals surface area (Å²) in [5, 5.41) is 3.49. The molecule has 0 spiro atoms. The van der Waals surface area contributed by atoms with Crippen molar-refractivity contribution in [2.75, 3.05) is 13.1 Å². The van der Waals surface area contributed by atoms with Gasteiger partial charge < -0.3 is 5.32 Å². The minimum absolute atomic E-state index is 0.949. The molecule has 0 unspecified atom stereocenters. The van der Waals surface area contributed by atoms with Gasteiger partial charge in [0.05, 0.1) is 0 Å². The molecule has 1 heteroatoms. The Morgan fingerprint density at radius 3 is 2.20 bits per heavy atom. The van der Waals surface area contributed by atoms with Gasteiger partial charge in [0.2, 0.25) is 0 Å². The lowest BCUT2D eigenvalue weighted by Gasteiger charge is -2.17. The zero-order valence-electron chi connectivity index (χ0n) is 6.09. The Morgan fingerprint density at radius 1 is 1.00 bits per heavy atom. The lowest BCUT2D eigenvalue weighted by atomic mass is 9.86. The third-order valence-electron chi connectivity index (χ3n) is 3.56. The van der Waals surface area contributed by atoms with Crippen molar-refractivity contribution in [3.8, 4) is 0 Å².